The van der Waals surface area contributed by atoms with Crippen LogP contribution in [0.3, 0.4) is 0 Å². The summed E-state index contributed by atoms with van der Waals surface area (Å²) >= 11 is 5.75. The van der Waals surface area contributed by atoms with Crippen molar-refractivity contribution >= 4 is 39.3 Å². The topological polar surface area (TPSA) is 133 Å². The molecular formula is C15H17ClN4O5S. The highest BCUT2D eigenvalue weighted by Crippen LogP contribution is 2.22. The average Bonchev–Trinajstić information content (AvgIpc) is 3.00. The smallest absolute Gasteiger partial charge is 0.338 e. The van der Waals surface area contributed by atoms with Crippen LogP contribution in [-0.4, -0.2) is 36.7 Å². The summed E-state index contributed by atoms with van der Waals surface area (Å²) in [5.74, 6) is -0.996. The van der Waals surface area contributed by atoms with E-state index in [1.165, 1.54) is 18.3 Å². The number of nitrogens with zero attached hydrogens (tertiary/aromatic N) is 2. The molecule has 0 aliphatic heterocycles. The number of carbonyl (C=O) groups excluding carboxylic acids is 2. The van der Waals surface area contributed by atoms with Gasteiger partial charge >= 0.3 is 5.97 Å². The second-order valence-electron chi connectivity index (χ2n) is 5.57. The number of hydrogen-bond donors (Lipinski definition) is 2. The number of anilines is 1. The Morgan fingerprint density at radius 3 is 2.65 bits per heavy atom. The molecule has 1 aromatic heterocycles. The predicted octanol–water partition coefficient (Wildman–Crippen LogP) is 1.56. The fourth-order valence-electron chi connectivity index (χ4n) is 2.07. The van der Waals surface area contributed by atoms with E-state index in [1.807, 2.05) is 13.8 Å². The molecule has 0 aliphatic rings. The van der Waals surface area contributed by atoms with E-state index in [-0.39, 0.29) is 16.6 Å². The summed E-state index contributed by atoms with van der Waals surface area (Å²) in [7, 11) is -4.10. The number of sulfonamides is 1. The van der Waals surface area contributed by atoms with Gasteiger partial charge in [0, 0.05) is 12.1 Å². The summed E-state index contributed by atoms with van der Waals surface area (Å²) in [6.45, 7) is 3.23. The summed E-state index contributed by atoms with van der Waals surface area (Å²) in [6, 6.07) is 5.11. The zero-order valence-electron chi connectivity index (χ0n) is 14.0. The lowest BCUT2D eigenvalue weighted by atomic mass is 10.2. The summed E-state index contributed by atoms with van der Waals surface area (Å²) in [5, 5.41) is 11.5. The van der Waals surface area contributed by atoms with E-state index >= 15 is 0 Å². The minimum absolute atomic E-state index is 0.0357. The van der Waals surface area contributed by atoms with Crippen molar-refractivity contribution in [3.8, 4) is 0 Å². The van der Waals surface area contributed by atoms with Gasteiger partial charge < -0.3 is 10.1 Å². The number of nitrogens with two attached hydrogens (primary N) is 1. The molecule has 0 atom stereocenters. The number of nitrogens with one attached hydrogen (secondary N) is 1. The molecule has 0 radical (unpaired) electrons. The number of primary sulfonamides is 1. The van der Waals surface area contributed by atoms with Crippen molar-refractivity contribution in [3.63, 3.8) is 0 Å². The lowest BCUT2D eigenvalue weighted by Crippen LogP contribution is -2.23. The maximum Gasteiger partial charge on any atom is 0.338 e. The number of halogens is 1. The number of rotatable bonds is 6. The summed E-state index contributed by atoms with van der Waals surface area (Å²) in [4.78, 5) is 23.5. The molecule has 0 saturated carbocycles. The molecule has 1 aromatic carbocycles. The van der Waals surface area contributed by atoms with Crippen LogP contribution in [0.1, 0.15) is 30.2 Å². The first kappa shape index (κ1) is 19.9. The molecule has 2 rings (SSSR count). The van der Waals surface area contributed by atoms with Gasteiger partial charge in [0.15, 0.2) is 6.61 Å². The molecule has 9 nitrogen and oxygen atoms in total. The number of carbonyl (C=O) groups is 2. The molecule has 3 N–H and O–H groups in total. The van der Waals surface area contributed by atoms with Gasteiger partial charge in [0.05, 0.1) is 16.8 Å². The van der Waals surface area contributed by atoms with Crippen molar-refractivity contribution in [3.05, 3.63) is 41.0 Å². The van der Waals surface area contributed by atoms with Crippen LogP contribution >= 0.6 is 11.6 Å². The standard InChI is InChI=1S/C15H17ClN4O5S/c1-9(2)20-13(5-6-18-20)19-14(21)8-25-15(22)10-3-4-11(16)12(7-10)26(17,23)24/h3-7,9H,8H2,1-2H3,(H,19,21)(H2,17,23,24). The molecule has 0 fully saturated rings. The van der Waals surface area contributed by atoms with Gasteiger partial charge in [-0.15, -0.1) is 0 Å². The molecule has 1 amide bonds. The van der Waals surface area contributed by atoms with Crippen LogP contribution in [0.5, 0.6) is 0 Å². The minimum atomic E-state index is -4.10. The molecule has 11 heteroatoms. The molecule has 140 valence electrons. The quantitative estimate of drug-likeness (QED) is 0.707. The zero-order valence-corrected chi connectivity index (χ0v) is 15.5. The number of amides is 1. The summed E-state index contributed by atoms with van der Waals surface area (Å²) in [5.41, 5.74) is -0.0987. The Morgan fingerprint density at radius 2 is 2.04 bits per heavy atom. The van der Waals surface area contributed by atoms with Gasteiger partial charge in [-0.2, -0.15) is 5.10 Å². The fraction of sp³-hybridized carbons (Fsp3) is 0.267. The molecule has 26 heavy (non-hydrogen) atoms. The van der Waals surface area contributed by atoms with Crippen molar-refractivity contribution < 1.29 is 22.7 Å². The van der Waals surface area contributed by atoms with Crippen molar-refractivity contribution in [1.29, 1.82) is 0 Å². The number of hydrogen-bond acceptors (Lipinski definition) is 6. The predicted molar refractivity (Wildman–Crippen MR) is 94.3 cm³/mol. The number of ether oxygens (including phenoxy) is 1. The van der Waals surface area contributed by atoms with Gasteiger partial charge in [0.2, 0.25) is 10.0 Å². The van der Waals surface area contributed by atoms with E-state index < -0.39 is 33.4 Å². The van der Waals surface area contributed by atoms with Gasteiger partial charge in [-0.3, -0.25) is 4.79 Å². The maximum absolute atomic E-state index is 12.0. The van der Waals surface area contributed by atoms with Crippen LogP contribution in [0.25, 0.3) is 0 Å². The van der Waals surface area contributed by atoms with Crippen molar-refractivity contribution in [2.24, 2.45) is 5.14 Å². The average molecular weight is 401 g/mol. The van der Waals surface area contributed by atoms with E-state index in [4.69, 9.17) is 21.5 Å². The van der Waals surface area contributed by atoms with Crippen molar-refractivity contribution in [2.75, 3.05) is 11.9 Å². The highest BCUT2D eigenvalue weighted by Gasteiger charge is 2.18. The largest absolute Gasteiger partial charge is 0.452 e. The van der Waals surface area contributed by atoms with Gasteiger partial charge in [0.1, 0.15) is 10.7 Å². The zero-order chi connectivity index (χ0) is 19.5. The van der Waals surface area contributed by atoms with E-state index in [2.05, 4.69) is 10.4 Å². The highest BCUT2D eigenvalue weighted by molar-refractivity contribution is 7.89. The number of esters is 1. The molecule has 0 aliphatic carbocycles. The molecule has 0 saturated heterocycles. The van der Waals surface area contributed by atoms with Crippen LogP contribution in [0.4, 0.5) is 5.82 Å². The maximum atomic E-state index is 12.0. The van der Waals surface area contributed by atoms with E-state index in [9.17, 15) is 18.0 Å². The van der Waals surface area contributed by atoms with E-state index in [1.54, 1.807) is 10.7 Å². The summed E-state index contributed by atoms with van der Waals surface area (Å²) in [6.07, 6.45) is 1.53. The highest BCUT2D eigenvalue weighted by atomic mass is 35.5. The van der Waals surface area contributed by atoms with E-state index in [0.717, 1.165) is 6.07 Å². The third-order valence-corrected chi connectivity index (χ3v) is 4.63. The van der Waals surface area contributed by atoms with Crippen molar-refractivity contribution in [2.45, 2.75) is 24.8 Å². The Kier molecular flexibility index (Phi) is 6.01. The first-order valence-corrected chi connectivity index (χ1v) is 9.35. The van der Waals surface area contributed by atoms with Gasteiger partial charge in [0.25, 0.3) is 5.91 Å². The van der Waals surface area contributed by atoms with E-state index in [0.29, 0.717) is 5.82 Å². The molecule has 0 spiro atoms. The molecular weight excluding hydrogens is 384 g/mol. The number of aromatic nitrogens is 2. The van der Waals surface area contributed by atoms with Gasteiger partial charge in [-0.05, 0) is 32.0 Å². The Hall–Kier alpha value is -2.43. The first-order chi connectivity index (χ1) is 12.1. The Balaban J connectivity index is 2.02. The number of benzene rings is 1. The van der Waals surface area contributed by atoms with Crippen LogP contribution < -0.4 is 10.5 Å². The van der Waals surface area contributed by atoms with Crippen LogP contribution in [0, 0.1) is 0 Å². The molecule has 2 aromatic rings. The second kappa shape index (κ2) is 7.85. The summed E-state index contributed by atoms with van der Waals surface area (Å²) < 4.78 is 29.3. The monoisotopic (exact) mass is 400 g/mol. The molecule has 1 heterocycles. The Morgan fingerprint density at radius 1 is 1.35 bits per heavy atom. The normalized spacial score (nSPS) is 11.4. The first-order valence-electron chi connectivity index (χ1n) is 7.42. The SMILES string of the molecule is CC(C)n1nccc1NC(=O)COC(=O)c1ccc(Cl)c(S(N)(=O)=O)c1. The minimum Gasteiger partial charge on any atom is -0.452 e. The molecule has 0 unspecified atom stereocenters. The molecule has 0 bridgehead atoms. The van der Waals surface area contributed by atoms with Crippen molar-refractivity contribution in [1.82, 2.24) is 9.78 Å². The second-order valence-corrected chi connectivity index (χ2v) is 7.51. The van der Waals surface area contributed by atoms with Crippen LogP contribution in [0.2, 0.25) is 5.02 Å². The van der Waals surface area contributed by atoms with Gasteiger partial charge in [-0.25, -0.2) is 23.0 Å². The van der Waals surface area contributed by atoms with Gasteiger partial charge in [-0.1, -0.05) is 11.6 Å². The van der Waals surface area contributed by atoms with Crippen LogP contribution in [0.15, 0.2) is 35.4 Å². The lowest BCUT2D eigenvalue weighted by Gasteiger charge is -2.12. The van der Waals surface area contributed by atoms with Crippen LogP contribution in [-0.2, 0) is 19.6 Å². The Labute approximate surface area is 155 Å². The Bertz CT molecular complexity index is 939. The third-order valence-electron chi connectivity index (χ3n) is 3.23. The fourth-order valence-corrected chi connectivity index (χ4v) is 3.14. The third kappa shape index (κ3) is 4.81. The lowest BCUT2D eigenvalue weighted by molar-refractivity contribution is -0.119.